The number of methoxy groups -OCH3 is 1. The maximum absolute atomic E-state index is 11.9. The van der Waals surface area contributed by atoms with Crippen molar-refractivity contribution in [2.75, 3.05) is 13.7 Å². The molecule has 0 bridgehead atoms. The molecule has 1 N–H and O–H groups in total. The zero-order valence-corrected chi connectivity index (χ0v) is 12.7. The number of aromatic nitrogens is 2. The topological polar surface area (TPSA) is 64.2 Å². The number of esters is 1. The zero-order valence-electron chi connectivity index (χ0n) is 12.7. The van der Waals surface area contributed by atoms with Crippen molar-refractivity contribution in [3.8, 4) is 17.1 Å². The average molecular weight is 308 g/mol. The second-order valence-corrected chi connectivity index (χ2v) is 4.93. The van der Waals surface area contributed by atoms with Crippen LogP contribution in [-0.2, 0) is 4.74 Å². The van der Waals surface area contributed by atoms with E-state index in [0.29, 0.717) is 5.56 Å². The average Bonchev–Trinajstić information content (AvgIpc) is 3.02. The van der Waals surface area contributed by atoms with Gasteiger partial charge in [0, 0.05) is 5.56 Å². The number of benzene rings is 2. The molecule has 0 unspecified atom stereocenters. The molecule has 0 aliphatic rings. The predicted octanol–water partition coefficient (Wildman–Crippen LogP) is 3.58. The molecule has 1 heterocycles. The number of imidazole rings is 1. The van der Waals surface area contributed by atoms with Gasteiger partial charge in [-0.2, -0.15) is 0 Å². The lowest BCUT2D eigenvalue weighted by Crippen LogP contribution is -2.04. The van der Waals surface area contributed by atoms with E-state index in [1.165, 1.54) is 6.08 Å². The van der Waals surface area contributed by atoms with Gasteiger partial charge in [0.15, 0.2) is 0 Å². The van der Waals surface area contributed by atoms with Crippen molar-refractivity contribution in [2.45, 2.75) is 0 Å². The standard InChI is InChI=1S/C18H16N2O3/c1-3-10-23-18(21)13-6-9-15-16(11-13)20-17(19-15)12-4-7-14(22-2)8-5-12/h3-9,11H,1,10H2,2H3,(H,19,20). The third kappa shape index (κ3) is 3.08. The lowest BCUT2D eigenvalue weighted by Gasteiger charge is -2.01. The number of nitrogens with zero attached hydrogens (tertiary/aromatic N) is 1. The van der Waals surface area contributed by atoms with Crippen molar-refractivity contribution >= 4 is 17.0 Å². The number of carbonyl (C=O) groups is 1. The summed E-state index contributed by atoms with van der Waals surface area (Å²) in [5.41, 5.74) is 2.99. The molecule has 0 fully saturated rings. The molecule has 3 aromatic rings. The van der Waals surface area contributed by atoms with Crippen LogP contribution in [0.3, 0.4) is 0 Å². The largest absolute Gasteiger partial charge is 0.497 e. The smallest absolute Gasteiger partial charge is 0.338 e. The van der Waals surface area contributed by atoms with E-state index >= 15 is 0 Å². The highest BCUT2D eigenvalue weighted by Crippen LogP contribution is 2.23. The Labute approximate surface area is 133 Å². The quantitative estimate of drug-likeness (QED) is 0.578. The van der Waals surface area contributed by atoms with Crippen molar-refractivity contribution in [1.82, 2.24) is 9.97 Å². The van der Waals surface area contributed by atoms with Crippen LogP contribution in [0, 0.1) is 0 Å². The fourth-order valence-corrected chi connectivity index (χ4v) is 2.24. The van der Waals surface area contributed by atoms with Crippen LogP contribution in [0.2, 0.25) is 0 Å². The number of aromatic amines is 1. The maximum Gasteiger partial charge on any atom is 0.338 e. The van der Waals surface area contributed by atoms with Gasteiger partial charge in [-0.05, 0) is 42.5 Å². The molecule has 5 heteroatoms. The molecule has 0 aliphatic carbocycles. The van der Waals surface area contributed by atoms with E-state index in [1.807, 2.05) is 24.3 Å². The summed E-state index contributed by atoms with van der Waals surface area (Å²) < 4.78 is 10.2. The van der Waals surface area contributed by atoms with E-state index in [-0.39, 0.29) is 12.6 Å². The number of rotatable bonds is 5. The Morgan fingerprint density at radius 3 is 2.74 bits per heavy atom. The monoisotopic (exact) mass is 308 g/mol. The number of nitrogens with one attached hydrogen (secondary N) is 1. The number of H-pyrrole nitrogens is 1. The lowest BCUT2D eigenvalue weighted by atomic mass is 10.2. The summed E-state index contributed by atoms with van der Waals surface area (Å²) in [4.78, 5) is 19.6. The number of carbonyl (C=O) groups excluding carboxylic acids is 1. The lowest BCUT2D eigenvalue weighted by molar-refractivity contribution is 0.0550. The molecule has 0 saturated carbocycles. The van der Waals surface area contributed by atoms with Crippen LogP contribution < -0.4 is 4.74 Å². The summed E-state index contributed by atoms with van der Waals surface area (Å²) in [5, 5.41) is 0. The van der Waals surface area contributed by atoms with Gasteiger partial charge in [-0.1, -0.05) is 12.7 Å². The van der Waals surface area contributed by atoms with Crippen molar-refractivity contribution < 1.29 is 14.3 Å². The number of ether oxygens (including phenoxy) is 2. The Morgan fingerprint density at radius 2 is 2.04 bits per heavy atom. The molecule has 5 nitrogen and oxygen atoms in total. The molecular weight excluding hydrogens is 292 g/mol. The second kappa shape index (κ2) is 6.36. The van der Waals surface area contributed by atoms with Crippen LogP contribution in [0.4, 0.5) is 0 Å². The van der Waals surface area contributed by atoms with Crippen LogP contribution in [0.1, 0.15) is 10.4 Å². The normalized spacial score (nSPS) is 10.5. The Morgan fingerprint density at radius 1 is 1.26 bits per heavy atom. The molecule has 2 aromatic carbocycles. The van der Waals surface area contributed by atoms with Gasteiger partial charge < -0.3 is 14.5 Å². The minimum Gasteiger partial charge on any atom is -0.497 e. The zero-order chi connectivity index (χ0) is 16.2. The molecule has 0 amide bonds. The fraction of sp³-hybridized carbons (Fsp3) is 0.111. The second-order valence-electron chi connectivity index (χ2n) is 4.93. The van der Waals surface area contributed by atoms with Crippen molar-refractivity contribution in [3.63, 3.8) is 0 Å². The molecule has 0 aliphatic heterocycles. The third-order valence-corrected chi connectivity index (χ3v) is 3.41. The van der Waals surface area contributed by atoms with E-state index in [9.17, 15) is 4.79 Å². The Hall–Kier alpha value is -3.08. The molecule has 1 aromatic heterocycles. The number of fused-ring (bicyclic) bond motifs is 1. The van der Waals surface area contributed by atoms with Crippen molar-refractivity contribution in [3.05, 3.63) is 60.7 Å². The SMILES string of the molecule is C=CCOC(=O)c1ccc2nc(-c3ccc(OC)cc3)[nH]c2c1. The summed E-state index contributed by atoms with van der Waals surface area (Å²) in [6.07, 6.45) is 1.54. The highest BCUT2D eigenvalue weighted by Gasteiger charge is 2.10. The number of hydrogen-bond donors (Lipinski definition) is 1. The Bertz CT molecular complexity index is 850. The van der Waals surface area contributed by atoms with E-state index in [0.717, 1.165) is 28.2 Å². The van der Waals surface area contributed by atoms with Crippen LogP contribution in [0.25, 0.3) is 22.4 Å². The minimum absolute atomic E-state index is 0.191. The Kier molecular flexibility index (Phi) is 4.10. The summed E-state index contributed by atoms with van der Waals surface area (Å²) >= 11 is 0. The van der Waals surface area contributed by atoms with Gasteiger partial charge in [0.2, 0.25) is 0 Å². The Balaban J connectivity index is 1.92. The van der Waals surface area contributed by atoms with Gasteiger partial charge in [-0.3, -0.25) is 0 Å². The van der Waals surface area contributed by atoms with Gasteiger partial charge >= 0.3 is 5.97 Å². The van der Waals surface area contributed by atoms with Gasteiger partial charge in [0.25, 0.3) is 0 Å². The molecule has 0 saturated heterocycles. The first-order valence-corrected chi connectivity index (χ1v) is 7.13. The van der Waals surface area contributed by atoms with Gasteiger partial charge in [0.05, 0.1) is 23.7 Å². The van der Waals surface area contributed by atoms with Gasteiger partial charge in [-0.15, -0.1) is 0 Å². The highest BCUT2D eigenvalue weighted by atomic mass is 16.5. The highest BCUT2D eigenvalue weighted by molar-refractivity contribution is 5.94. The molecule has 0 radical (unpaired) electrons. The first-order chi connectivity index (χ1) is 11.2. The van der Waals surface area contributed by atoms with E-state index < -0.39 is 0 Å². The van der Waals surface area contributed by atoms with E-state index in [2.05, 4.69) is 16.5 Å². The third-order valence-electron chi connectivity index (χ3n) is 3.41. The fourth-order valence-electron chi connectivity index (χ4n) is 2.24. The predicted molar refractivity (Wildman–Crippen MR) is 88.6 cm³/mol. The van der Waals surface area contributed by atoms with E-state index in [1.54, 1.807) is 25.3 Å². The number of hydrogen-bond acceptors (Lipinski definition) is 4. The maximum atomic E-state index is 11.9. The van der Waals surface area contributed by atoms with Crippen molar-refractivity contribution in [2.24, 2.45) is 0 Å². The van der Waals surface area contributed by atoms with Crippen molar-refractivity contribution in [1.29, 1.82) is 0 Å². The van der Waals surface area contributed by atoms with Gasteiger partial charge in [0.1, 0.15) is 18.2 Å². The molecule has 116 valence electrons. The summed E-state index contributed by atoms with van der Waals surface area (Å²) in [6, 6.07) is 12.8. The first-order valence-electron chi connectivity index (χ1n) is 7.13. The van der Waals surface area contributed by atoms with Crippen LogP contribution in [-0.4, -0.2) is 29.7 Å². The summed E-state index contributed by atoms with van der Waals surface area (Å²) in [7, 11) is 1.63. The van der Waals surface area contributed by atoms with Crippen LogP contribution in [0.15, 0.2) is 55.1 Å². The van der Waals surface area contributed by atoms with E-state index in [4.69, 9.17) is 9.47 Å². The molecule has 0 atom stereocenters. The van der Waals surface area contributed by atoms with Gasteiger partial charge in [-0.25, -0.2) is 9.78 Å². The molecular formula is C18H16N2O3. The molecule has 0 spiro atoms. The molecule has 3 rings (SSSR count). The van der Waals surface area contributed by atoms with Crippen LogP contribution in [0.5, 0.6) is 5.75 Å². The molecule has 23 heavy (non-hydrogen) atoms. The summed E-state index contributed by atoms with van der Waals surface area (Å²) in [5.74, 6) is 1.14. The first kappa shape index (κ1) is 14.8. The van der Waals surface area contributed by atoms with Crippen LogP contribution >= 0.6 is 0 Å². The summed E-state index contributed by atoms with van der Waals surface area (Å²) in [6.45, 7) is 3.71. The minimum atomic E-state index is -0.382.